The summed E-state index contributed by atoms with van der Waals surface area (Å²) in [6, 6.07) is 3.82. The molecule has 1 unspecified atom stereocenters. The second-order valence-electron chi connectivity index (χ2n) is 12.4. The van der Waals surface area contributed by atoms with Crippen LogP contribution in [0.15, 0.2) is 18.5 Å². The summed E-state index contributed by atoms with van der Waals surface area (Å²) in [7, 11) is -2.58. The summed E-state index contributed by atoms with van der Waals surface area (Å²) in [5, 5.41) is 4.26. The molecule has 0 bridgehead atoms. The van der Waals surface area contributed by atoms with E-state index < -0.39 is 13.4 Å². The van der Waals surface area contributed by atoms with Gasteiger partial charge in [-0.15, -0.1) is 0 Å². The quantitative estimate of drug-likeness (QED) is 0.0710. The fourth-order valence-corrected chi connectivity index (χ4v) is 6.31. The molecule has 0 aliphatic carbocycles. The lowest BCUT2D eigenvalue weighted by molar-refractivity contribution is -0.0442. The van der Waals surface area contributed by atoms with Crippen LogP contribution in [0.1, 0.15) is 148 Å². The standard InChI is InChI=1S/C33H61N4O5P/c1-4-5-6-7-8-9-10-11-12-13-14-15-16-17-18-19-20-21-22-27-41-43(38,39)42-28-33(2,40-3)26-25-30-23-24-31-32(34)35-29-36-37(30)31/h23-24,29H,4-22,25-28H2,1-3H3,(H,38,39)(H2,34,35,36)/t33-/m0/s1. The number of methoxy groups -OCH3 is 1. The zero-order valence-electron chi connectivity index (χ0n) is 27.4. The first-order valence-electron chi connectivity index (χ1n) is 17.0. The lowest BCUT2D eigenvalue weighted by Crippen LogP contribution is -2.33. The van der Waals surface area contributed by atoms with E-state index in [9.17, 15) is 9.46 Å². The van der Waals surface area contributed by atoms with Crippen LogP contribution in [-0.2, 0) is 24.8 Å². The highest BCUT2D eigenvalue weighted by molar-refractivity contribution is 7.47. The molecule has 2 heterocycles. The smallest absolute Gasteiger partial charge is 0.382 e. The maximum atomic E-state index is 12.4. The maximum absolute atomic E-state index is 12.4. The molecular formula is C33H61N4O5P. The number of nitrogen functional groups attached to an aromatic ring is 1. The van der Waals surface area contributed by atoms with E-state index in [2.05, 4.69) is 17.0 Å². The predicted molar refractivity (Wildman–Crippen MR) is 176 cm³/mol. The molecule has 0 aromatic carbocycles. The number of unbranched alkanes of at least 4 members (excludes halogenated alkanes) is 18. The van der Waals surface area contributed by atoms with Crippen LogP contribution in [0.3, 0.4) is 0 Å². The number of anilines is 1. The molecule has 43 heavy (non-hydrogen) atoms. The Morgan fingerprint density at radius 2 is 1.35 bits per heavy atom. The molecule has 0 saturated carbocycles. The van der Waals surface area contributed by atoms with Crippen molar-refractivity contribution in [2.75, 3.05) is 26.1 Å². The van der Waals surface area contributed by atoms with Crippen molar-refractivity contribution in [3.63, 3.8) is 0 Å². The number of hydrogen-bond donors (Lipinski definition) is 2. The molecule has 0 amide bonds. The minimum atomic E-state index is -4.15. The lowest BCUT2D eigenvalue weighted by atomic mass is 10.00. The van der Waals surface area contributed by atoms with E-state index in [4.69, 9.17) is 19.5 Å². The molecule has 0 radical (unpaired) electrons. The van der Waals surface area contributed by atoms with Gasteiger partial charge in [0.1, 0.15) is 11.8 Å². The van der Waals surface area contributed by atoms with Gasteiger partial charge in [-0.05, 0) is 38.3 Å². The Morgan fingerprint density at radius 3 is 1.86 bits per heavy atom. The number of fused-ring (bicyclic) bond motifs is 1. The molecule has 0 saturated heterocycles. The van der Waals surface area contributed by atoms with E-state index in [0.717, 1.165) is 30.5 Å². The fourth-order valence-electron chi connectivity index (χ4n) is 5.44. The Labute approximate surface area is 261 Å². The normalized spacial score (nSPS) is 14.7. The van der Waals surface area contributed by atoms with Crippen molar-refractivity contribution in [2.24, 2.45) is 0 Å². The van der Waals surface area contributed by atoms with Crippen LogP contribution in [0.25, 0.3) is 5.52 Å². The minimum absolute atomic E-state index is 0.0586. The van der Waals surface area contributed by atoms with Gasteiger partial charge >= 0.3 is 7.82 Å². The van der Waals surface area contributed by atoms with Crippen molar-refractivity contribution in [1.82, 2.24) is 14.6 Å². The highest BCUT2D eigenvalue weighted by Crippen LogP contribution is 2.44. The van der Waals surface area contributed by atoms with Gasteiger partial charge in [-0.2, -0.15) is 5.10 Å². The van der Waals surface area contributed by atoms with Crippen LogP contribution in [-0.4, -0.2) is 45.4 Å². The fraction of sp³-hybridized carbons (Fsp3) is 0.818. The first-order valence-corrected chi connectivity index (χ1v) is 18.5. The van der Waals surface area contributed by atoms with Crippen molar-refractivity contribution in [1.29, 1.82) is 0 Å². The zero-order valence-corrected chi connectivity index (χ0v) is 28.3. The highest BCUT2D eigenvalue weighted by Gasteiger charge is 2.30. The molecule has 0 aliphatic heterocycles. The largest absolute Gasteiger partial charge is 0.472 e. The molecule has 10 heteroatoms. The summed E-state index contributed by atoms with van der Waals surface area (Å²) >= 11 is 0. The molecule has 3 N–H and O–H groups in total. The molecule has 2 aromatic heterocycles. The molecule has 0 fully saturated rings. The van der Waals surface area contributed by atoms with Crippen LogP contribution < -0.4 is 5.73 Å². The SMILES string of the molecule is CCCCCCCCCCCCCCCCCCCCCOP(=O)(O)OC[C@](C)(CCc1ccc2c(N)ncnn12)OC. The zero-order chi connectivity index (χ0) is 31.2. The molecular weight excluding hydrogens is 563 g/mol. The second-order valence-corrected chi connectivity index (χ2v) is 13.8. The van der Waals surface area contributed by atoms with Crippen molar-refractivity contribution >= 4 is 19.2 Å². The number of nitrogens with zero attached hydrogens (tertiary/aromatic N) is 3. The predicted octanol–water partition coefficient (Wildman–Crippen LogP) is 9.21. The van der Waals surface area contributed by atoms with Gasteiger partial charge in [0.2, 0.25) is 0 Å². The third-order valence-corrected chi connectivity index (χ3v) is 9.46. The molecule has 0 spiro atoms. The highest BCUT2D eigenvalue weighted by atomic mass is 31.2. The lowest BCUT2D eigenvalue weighted by Gasteiger charge is -2.28. The van der Waals surface area contributed by atoms with E-state index in [0.29, 0.717) is 18.7 Å². The van der Waals surface area contributed by atoms with E-state index in [1.807, 2.05) is 19.1 Å². The summed E-state index contributed by atoms with van der Waals surface area (Å²) < 4.78 is 30.4. The van der Waals surface area contributed by atoms with Crippen LogP contribution in [0.5, 0.6) is 0 Å². The summed E-state index contributed by atoms with van der Waals surface area (Å²) in [4.78, 5) is 14.2. The van der Waals surface area contributed by atoms with E-state index in [1.54, 1.807) is 11.6 Å². The average Bonchev–Trinajstić information content (AvgIpc) is 3.42. The number of aromatic nitrogens is 3. The molecule has 2 atom stereocenters. The van der Waals surface area contributed by atoms with Gasteiger partial charge in [0, 0.05) is 12.8 Å². The van der Waals surface area contributed by atoms with Gasteiger partial charge in [-0.25, -0.2) is 14.1 Å². The van der Waals surface area contributed by atoms with Gasteiger partial charge in [0.25, 0.3) is 0 Å². The Kier molecular flexibility index (Phi) is 19.3. The summed E-state index contributed by atoms with van der Waals surface area (Å²) in [5.74, 6) is 0.419. The van der Waals surface area contributed by atoms with E-state index in [1.165, 1.54) is 109 Å². The van der Waals surface area contributed by atoms with Crippen LogP contribution in [0, 0.1) is 0 Å². The Morgan fingerprint density at radius 1 is 0.837 bits per heavy atom. The minimum Gasteiger partial charge on any atom is -0.382 e. The topological polar surface area (TPSA) is 121 Å². The number of aryl methyl sites for hydroxylation is 1. The van der Waals surface area contributed by atoms with E-state index in [-0.39, 0.29) is 13.2 Å². The van der Waals surface area contributed by atoms with Gasteiger partial charge < -0.3 is 15.4 Å². The average molecular weight is 625 g/mol. The number of phosphoric acid groups is 1. The first kappa shape index (κ1) is 37.7. The Hall–Kier alpha value is -1.51. The number of ether oxygens (including phenoxy) is 1. The monoisotopic (exact) mass is 624 g/mol. The number of phosphoric ester groups is 1. The number of hydrogen-bond acceptors (Lipinski definition) is 7. The molecule has 0 aliphatic rings. The third-order valence-electron chi connectivity index (χ3n) is 8.50. The van der Waals surface area contributed by atoms with Crippen LogP contribution in [0.4, 0.5) is 5.82 Å². The number of nitrogens with two attached hydrogens (primary N) is 1. The summed E-state index contributed by atoms with van der Waals surface area (Å²) in [6.07, 6.45) is 27.5. The van der Waals surface area contributed by atoms with E-state index >= 15 is 0 Å². The summed E-state index contributed by atoms with van der Waals surface area (Å²) in [6.45, 7) is 4.29. The molecule has 9 nitrogen and oxygen atoms in total. The third kappa shape index (κ3) is 16.4. The van der Waals surface area contributed by atoms with Gasteiger partial charge in [0.05, 0.1) is 18.8 Å². The van der Waals surface area contributed by atoms with Gasteiger partial charge in [0.15, 0.2) is 5.82 Å². The molecule has 2 aromatic rings. The maximum Gasteiger partial charge on any atom is 0.472 e. The van der Waals surface area contributed by atoms with Crippen LogP contribution >= 0.6 is 7.82 Å². The molecule has 248 valence electrons. The van der Waals surface area contributed by atoms with Crippen molar-refractivity contribution < 1.29 is 23.2 Å². The van der Waals surface area contributed by atoms with Gasteiger partial charge in [-0.3, -0.25) is 9.05 Å². The van der Waals surface area contributed by atoms with Crippen molar-refractivity contribution in [2.45, 2.75) is 154 Å². The Bertz CT molecular complexity index is 1040. The number of rotatable bonds is 28. The van der Waals surface area contributed by atoms with Gasteiger partial charge in [-0.1, -0.05) is 122 Å². The Balaban J connectivity index is 1.43. The van der Waals surface area contributed by atoms with Crippen molar-refractivity contribution in [3.8, 4) is 0 Å². The summed E-state index contributed by atoms with van der Waals surface area (Å²) in [5.41, 5.74) is 6.84. The van der Waals surface area contributed by atoms with Crippen molar-refractivity contribution in [3.05, 3.63) is 24.2 Å². The molecule has 2 rings (SSSR count). The second kappa shape index (κ2) is 22.1. The van der Waals surface area contributed by atoms with Crippen LogP contribution in [0.2, 0.25) is 0 Å². The first-order chi connectivity index (χ1) is 20.8.